The molecule has 0 spiro atoms. The van der Waals surface area contributed by atoms with Crippen molar-refractivity contribution in [3.63, 3.8) is 0 Å². The van der Waals surface area contributed by atoms with Crippen LogP contribution >= 0.6 is 0 Å². The van der Waals surface area contributed by atoms with Crippen molar-refractivity contribution in [1.29, 1.82) is 0 Å². The SMILES string of the molecule is Cc1ccc(Oc2ncccc2C(=O)N[C@H](COCc2ccccc2)C(=O)N2CCN(C)CC2)cc1C. The highest BCUT2D eigenvalue weighted by Gasteiger charge is 2.29. The molecule has 8 nitrogen and oxygen atoms in total. The molecular formula is C29H34N4O4. The summed E-state index contributed by atoms with van der Waals surface area (Å²) in [5.41, 5.74) is 3.47. The molecule has 0 bridgehead atoms. The summed E-state index contributed by atoms with van der Waals surface area (Å²) in [6.07, 6.45) is 1.57. The lowest BCUT2D eigenvalue weighted by atomic mass is 10.1. The molecule has 1 aliphatic heterocycles. The molecule has 1 fully saturated rings. The van der Waals surface area contributed by atoms with Crippen molar-refractivity contribution in [3.8, 4) is 11.6 Å². The van der Waals surface area contributed by atoms with E-state index in [4.69, 9.17) is 9.47 Å². The van der Waals surface area contributed by atoms with E-state index in [0.717, 1.165) is 29.8 Å². The Morgan fingerprint density at radius 3 is 2.46 bits per heavy atom. The fourth-order valence-electron chi connectivity index (χ4n) is 4.06. The van der Waals surface area contributed by atoms with Crippen LogP contribution in [0.2, 0.25) is 0 Å². The van der Waals surface area contributed by atoms with E-state index in [2.05, 4.69) is 15.2 Å². The molecule has 2 heterocycles. The molecule has 1 aromatic heterocycles. The van der Waals surface area contributed by atoms with Gasteiger partial charge in [0.1, 0.15) is 17.4 Å². The lowest BCUT2D eigenvalue weighted by molar-refractivity contribution is -0.136. The number of amides is 2. The number of rotatable bonds is 9. The van der Waals surface area contributed by atoms with E-state index in [-0.39, 0.29) is 24.0 Å². The molecule has 1 saturated heterocycles. The normalized spacial score (nSPS) is 14.7. The molecule has 2 amide bonds. The molecule has 2 aromatic carbocycles. The van der Waals surface area contributed by atoms with Crippen LogP contribution in [0, 0.1) is 13.8 Å². The molecule has 37 heavy (non-hydrogen) atoms. The first-order chi connectivity index (χ1) is 17.9. The van der Waals surface area contributed by atoms with Gasteiger partial charge in [0.2, 0.25) is 11.8 Å². The lowest BCUT2D eigenvalue weighted by Gasteiger charge is -2.34. The monoisotopic (exact) mass is 502 g/mol. The summed E-state index contributed by atoms with van der Waals surface area (Å²) in [4.78, 5) is 35.1. The fourth-order valence-corrected chi connectivity index (χ4v) is 4.06. The average molecular weight is 503 g/mol. The highest BCUT2D eigenvalue weighted by molar-refractivity contribution is 5.99. The topological polar surface area (TPSA) is 84.0 Å². The van der Waals surface area contributed by atoms with Crippen LogP contribution in [0.25, 0.3) is 0 Å². The van der Waals surface area contributed by atoms with E-state index in [0.29, 0.717) is 25.4 Å². The molecule has 0 unspecified atom stereocenters. The molecule has 1 N–H and O–H groups in total. The molecule has 1 atom stereocenters. The Hall–Kier alpha value is -3.75. The zero-order valence-electron chi connectivity index (χ0n) is 21.6. The molecule has 0 saturated carbocycles. The summed E-state index contributed by atoms with van der Waals surface area (Å²) < 4.78 is 11.9. The second kappa shape index (κ2) is 12.5. The van der Waals surface area contributed by atoms with Gasteiger partial charge in [-0.25, -0.2) is 4.98 Å². The predicted molar refractivity (Wildman–Crippen MR) is 142 cm³/mol. The van der Waals surface area contributed by atoms with Gasteiger partial charge in [0.25, 0.3) is 5.91 Å². The fraction of sp³-hybridized carbons (Fsp3) is 0.345. The van der Waals surface area contributed by atoms with E-state index in [1.54, 1.807) is 23.2 Å². The van der Waals surface area contributed by atoms with Crippen LogP contribution in [0.1, 0.15) is 27.0 Å². The van der Waals surface area contributed by atoms with Crippen LogP contribution in [-0.2, 0) is 16.1 Å². The smallest absolute Gasteiger partial charge is 0.257 e. The highest BCUT2D eigenvalue weighted by atomic mass is 16.5. The van der Waals surface area contributed by atoms with Crippen molar-refractivity contribution in [2.45, 2.75) is 26.5 Å². The summed E-state index contributed by atoms with van der Waals surface area (Å²) in [7, 11) is 2.03. The molecule has 194 valence electrons. The van der Waals surface area contributed by atoms with Gasteiger partial charge in [-0.1, -0.05) is 36.4 Å². The maximum absolute atomic E-state index is 13.4. The van der Waals surface area contributed by atoms with Gasteiger partial charge in [-0.3, -0.25) is 9.59 Å². The largest absolute Gasteiger partial charge is 0.438 e. The third-order valence-corrected chi connectivity index (χ3v) is 6.52. The first kappa shape index (κ1) is 26.3. The van der Waals surface area contributed by atoms with Gasteiger partial charge in [-0.05, 0) is 61.9 Å². The zero-order chi connectivity index (χ0) is 26.2. The van der Waals surface area contributed by atoms with Crippen molar-refractivity contribution in [2.24, 2.45) is 0 Å². The highest BCUT2D eigenvalue weighted by Crippen LogP contribution is 2.25. The number of piperazine rings is 1. The number of benzene rings is 2. The Bertz CT molecular complexity index is 1210. The minimum Gasteiger partial charge on any atom is -0.438 e. The van der Waals surface area contributed by atoms with E-state index in [9.17, 15) is 9.59 Å². The van der Waals surface area contributed by atoms with E-state index < -0.39 is 11.9 Å². The van der Waals surface area contributed by atoms with Gasteiger partial charge in [0.15, 0.2) is 0 Å². The van der Waals surface area contributed by atoms with Crippen LogP contribution in [0.3, 0.4) is 0 Å². The number of ether oxygens (including phenoxy) is 2. The number of carbonyl (C=O) groups excluding carboxylic acids is 2. The van der Waals surface area contributed by atoms with Crippen molar-refractivity contribution in [3.05, 3.63) is 89.1 Å². The van der Waals surface area contributed by atoms with Crippen LogP contribution in [0.15, 0.2) is 66.9 Å². The lowest BCUT2D eigenvalue weighted by Crippen LogP contribution is -2.55. The van der Waals surface area contributed by atoms with Gasteiger partial charge >= 0.3 is 0 Å². The Balaban J connectivity index is 1.49. The van der Waals surface area contributed by atoms with Crippen LogP contribution in [-0.4, -0.2) is 72.5 Å². The Morgan fingerprint density at radius 2 is 1.73 bits per heavy atom. The second-order valence-corrected chi connectivity index (χ2v) is 9.36. The minimum atomic E-state index is -0.839. The number of carbonyl (C=O) groups is 2. The van der Waals surface area contributed by atoms with Crippen LogP contribution < -0.4 is 10.1 Å². The molecule has 4 rings (SSSR count). The average Bonchev–Trinajstić information content (AvgIpc) is 2.91. The summed E-state index contributed by atoms with van der Waals surface area (Å²) >= 11 is 0. The van der Waals surface area contributed by atoms with Crippen molar-refractivity contribution >= 4 is 11.8 Å². The Labute approximate surface area is 218 Å². The van der Waals surface area contributed by atoms with Crippen molar-refractivity contribution in [1.82, 2.24) is 20.1 Å². The first-order valence-corrected chi connectivity index (χ1v) is 12.5. The molecule has 0 aliphatic carbocycles. The zero-order valence-corrected chi connectivity index (χ0v) is 21.6. The number of nitrogens with zero attached hydrogens (tertiary/aromatic N) is 3. The molecule has 1 aliphatic rings. The van der Waals surface area contributed by atoms with E-state index in [1.165, 1.54) is 0 Å². The van der Waals surface area contributed by atoms with Gasteiger partial charge in [-0.2, -0.15) is 0 Å². The number of nitrogens with one attached hydrogen (secondary N) is 1. The number of aryl methyl sites for hydroxylation is 2. The Kier molecular flexibility index (Phi) is 8.87. The van der Waals surface area contributed by atoms with Gasteiger partial charge in [0.05, 0.1) is 13.2 Å². The van der Waals surface area contributed by atoms with E-state index in [1.807, 2.05) is 69.4 Å². The number of likely N-dealkylation sites (N-methyl/N-ethyl adjacent to an activating group) is 1. The van der Waals surface area contributed by atoms with Gasteiger partial charge < -0.3 is 24.6 Å². The number of aromatic nitrogens is 1. The van der Waals surface area contributed by atoms with Crippen LogP contribution in [0.4, 0.5) is 0 Å². The Morgan fingerprint density at radius 1 is 0.973 bits per heavy atom. The number of hydrogen-bond donors (Lipinski definition) is 1. The minimum absolute atomic E-state index is 0.0550. The number of hydrogen-bond acceptors (Lipinski definition) is 6. The molecule has 0 radical (unpaired) electrons. The molecule has 3 aromatic rings. The maximum atomic E-state index is 13.4. The number of pyridine rings is 1. The molecular weight excluding hydrogens is 468 g/mol. The van der Waals surface area contributed by atoms with Gasteiger partial charge in [-0.15, -0.1) is 0 Å². The van der Waals surface area contributed by atoms with Crippen molar-refractivity contribution in [2.75, 3.05) is 39.8 Å². The van der Waals surface area contributed by atoms with Crippen molar-refractivity contribution < 1.29 is 19.1 Å². The summed E-state index contributed by atoms with van der Waals surface area (Å²) in [6, 6.07) is 17.9. The summed E-state index contributed by atoms with van der Waals surface area (Å²) in [6.45, 7) is 7.20. The third-order valence-electron chi connectivity index (χ3n) is 6.52. The van der Waals surface area contributed by atoms with Gasteiger partial charge in [0, 0.05) is 32.4 Å². The predicted octanol–water partition coefficient (Wildman–Crippen LogP) is 3.58. The second-order valence-electron chi connectivity index (χ2n) is 9.36. The molecule has 8 heteroatoms. The summed E-state index contributed by atoms with van der Waals surface area (Å²) in [5.74, 6) is 0.170. The maximum Gasteiger partial charge on any atom is 0.257 e. The third kappa shape index (κ3) is 7.15. The first-order valence-electron chi connectivity index (χ1n) is 12.5. The quantitative estimate of drug-likeness (QED) is 0.482. The summed E-state index contributed by atoms with van der Waals surface area (Å²) in [5, 5.41) is 2.89. The standard InChI is InChI=1S/C29H34N4O4/c1-21-11-12-24(18-22(21)2)37-28-25(10-7-13-30-28)27(34)31-26(20-36-19-23-8-5-4-6-9-23)29(35)33-16-14-32(3)15-17-33/h4-13,18,26H,14-17,19-20H2,1-3H3,(H,31,34)/t26-/m1/s1. The van der Waals surface area contributed by atoms with E-state index >= 15 is 0 Å². The van der Waals surface area contributed by atoms with Crippen LogP contribution in [0.5, 0.6) is 11.6 Å².